The number of carbonyl (C=O) groups excluding carboxylic acids is 1. The molecule has 0 bridgehead atoms. The summed E-state index contributed by atoms with van der Waals surface area (Å²) < 4.78 is 69.5. The van der Waals surface area contributed by atoms with E-state index >= 15 is 0 Å². The van der Waals surface area contributed by atoms with Crippen LogP contribution in [0.5, 0.6) is 0 Å². The molecule has 33 nitrogen and oxygen atoms in total. The van der Waals surface area contributed by atoms with Crippen molar-refractivity contribution in [2.45, 2.75) is 224 Å². The monoisotopic (exact) mass is 1160 g/mol. The van der Waals surface area contributed by atoms with Crippen LogP contribution in [0.1, 0.15) is 39.5 Å². The van der Waals surface area contributed by atoms with Crippen LogP contribution in [0.3, 0.4) is 0 Å². The number of hydrogen-bond acceptors (Lipinski definition) is 32. The highest BCUT2D eigenvalue weighted by atomic mass is 16.8. The van der Waals surface area contributed by atoms with E-state index in [9.17, 15) is 96.7 Å². The Morgan fingerprint density at radius 3 is 1.44 bits per heavy atom. The van der Waals surface area contributed by atoms with Crippen LogP contribution in [0, 0.1) is 5.92 Å². The van der Waals surface area contributed by atoms with Gasteiger partial charge in [-0.05, 0) is 25.8 Å². The number of ether oxygens (including phenoxy) is 12. The lowest BCUT2D eigenvalue weighted by atomic mass is 9.87. The molecule has 6 heterocycles. The lowest BCUT2D eigenvalue weighted by Crippen LogP contribution is -2.70. The van der Waals surface area contributed by atoms with E-state index in [0.717, 1.165) is 6.92 Å². The van der Waals surface area contributed by atoms with Crippen LogP contribution in [0.25, 0.3) is 0 Å². The minimum atomic E-state index is -2.21. The Morgan fingerprint density at radius 2 is 0.949 bits per heavy atom. The topological polar surface area (TPSA) is 530 Å². The van der Waals surface area contributed by atoms with Crippen LogP contribution in [0.4, 0.5) is 0 Å². The third kappa shape index (κ3) is 15.4. The molecule has 6 rings (SSSR count). The molecule has 0 aromatic rings. The van der Waals surface area contributed by atoms with Gasteiger partial charge in [0.25, 0.3) is 0 Å². The molecule has 1 amide bonds. The predicted octanol–water partition coefficient (Wildman–Crippen LogP) is -11.8. The molecule has 6 fully saturated rings. The van der Waals surface area contributed by atoms with Gasteiger partial charge in [0.2, 0.25) is 5.91 Å². The summed E-state index contributed by atoms with van der Waals surface area (Å²) in [5.74, 6) is -1.68. The molecule has 79 heavy (non-hydrogen) atoms. The third-order valence-electron chi connectivity index (χ3n) is 14.9. The van der Waals surface area contributed by atoms with Gasteiger partial charge in [-0.25, -0.2) is 0 Å². The summed E-state index contributed by atoms with van der Waals surface area (Å²) in [6.07, 6.45) is -50.6. The zero-order valence-electron chi connectivity index (χ0n) is 43.3. The molecular formula is C46H82N2O31. The molecule has 6 aliphatic rings. The van der Waals surface area contributed by atoms with Crippen molar-refractivity contribution < 1.29 is 154 Å². The van der Waals surface area contributed by atoms with E-state index < -0.39 is 236 Å². The van der Waals surface area contributed by atoms with Gasteiger partial charge < -0.3 is 160 Å². The number of aliphatic hydroxyl groups excluding tert-OH is 18. The number of rotatable bonds is 25. The lowest BCUT2D eigenvalue weighted by molar-refractivity contribution is -0.390. The lowest BCUT2D eigenvalue weighted by Gasteiger charge is -2.50. The van der Waals surface area contributed by atoms with Crippen LogP contribution >= 0.6 is 0 Å². The molecule has 0 spiro atoms. The Kier molecular flexibility index (Phi) is 25.5. The smallest absolute Gasteiger partial charge is 0.217 e. The van der Waals surface area contributed by atoms with Crippen LogP contribution in [0.15, 0.2) is 0 Å². The number of aliphatic hydroxyl groups is 18. The van der Waals surface area contributed by atoms with E-state index in [1.54, 1.807) is 0 Å². The zero-order chi connectivity index (χ0) is 58.2. The van der Waals surface area contributed by atoms with Crippen molar-refractivity contribution in [3.05, 3.63) is 0 Å². The summed E-state index contributed by atoms with van der Waals surface area (Å²) in [4.78, 5) is 12.8. The SMILES string of the molecule is CC(=O)NC1[C@H](O[C@@H]2C(O)[C@@H](O[C@H]3C(CO)O[C@@H](O[C@@H]4C(CO)O[C@@H](OCCCCCN)C(O)[C@@H]4O)C(O)[C@H]3O)OC(CO)[C@@H]2O)OC(CO)[C@H](O)[C@@H]1O[C@@H]1OC(CO)[C@H](O)[C@H](O[C@@H]2C[C@@H](O)[C@@H](C)C([C@H](O)[C@H](O)CO)O2)C1O. The molecule has 0 aromatic heterocycles. The number of hydrogen-bond donors (Lipinski definition) is 20. The third-order valence-corrected chi connectivity index (χ3v) is 14.9. The Morgan fingerprint density at radius 1 is 0.519 bits per heavy atom. The van der Waals surface area contributed by atoms with E-state index in [4.69, 9.17) is 62.6 Å². The number of carbonyl (C=O) groups is 1. The van der Waals surface area contributed by atoms with Crippen molar-refractivity contribution in [1.82, 2.24) is 5.32 Å². The van der Waals surface area contributed by atoms with Gasteiger partial charge in [0.15, 0.2) is 37.7 Å². The van der Waals surface area contributed by atoms with E-state index in [2.05, 4.69) is 5.32 Å². The number of nitrogens with one attached hydrogen (secondary N) is 1. The fourth-order valence-corrected chi connectivity index (χ4v) is 10.3. The van der Waals surface area contributed by atoms with E-state index in [1.807, 2.05) is 0 Å². The molecule has 21 N–H and O–H groups in total. The molecule has 0 saturated carbocycles. The average Bonchev–Trinajstić information content (AvgIpc) is 3.52. The van der Waals surface area contributed by atoms with Crippen LogP contribution < -0.4 is 11.1 Å². The molecule has 6 aliphatic heterocycles. The van der Waals surface area contributed by atoms with Crippen LogP contribution in [0.2, 0.25) is 0 Å². The standard InChI is InChI=1S/C46H82N2O31/c1-15-17(56)8-24(74-36(15)26(58)18(57)9-49)75-40-28(60)20(11-51)71-46(34(40)66)78-39-25(48-16(2)55)42(69-19(10-50)27(39)59)79-41-29(61)21(12-52)70-45(35(41)67)77-38-23(14-54)73-44(33(65)31(38)63)76-37-22(13-53)72-43(32(64)30(37)62)68-7-5-3-4-6-47/h15,17-46,49-54,56-67H,3-14,47H2,1-2H3,(H,48,55)/t15-,17-,18-,19?,20?,21?,22?,23?,24-,25?,26-,27+,28+,29+,30+,31-,32?,33?,34?,35?,36?,37-,38+,39-,40+,41+,42+,43-,44+,45-,46+/m1/s1. The molecule has 0 aliphatic carbocycles. The van der Waals surface area contributed by atoms with E-state index in [0.29, 0.717) is 25.8 Å². The number of unbranched alkanes of at least 4 members (excludes halogenated alkanes) is 2. The highest BCUT2D eigenvalue weighted by molar-refractivity contribution is 5.73. The second kappa shape index (κ2) is 30.3. The molecule has 6 saturated heterocycles. The first-order chi connectivity index (χ1) is 37.6. The van der Waals surface area contributed by atoms with Crippen LogP contribution in [-0.4, -0.2) is 335 Å². The molecule has 31 atom stereocenters. The average molecular weight is 1160 g/mol. The molecule has 462 valence electrons. The zero-order valence-corrected chi connectivity index (χ0v) is 43.3. The Balaban J connectivity index is 1.18. The van der Waals surface area contributed by atoms with Crippen molar-refractivity contribution in [3.63, 3.8) is 0 Å². The number of nitrogens with two attached hydrogens (primary N) is 1. The normalized spacial score (nSPS) is 46.9. The van der Waals surface area contributed by atoms with Gasteiger partial charge in [0.1, 0.15) is 134 Å². The molecule has 0 radical (unpaired) electrons. The Hall–Kier alpha value is -1.77. The first kappa shape index (κ1) is 66.4. The maximum Gasteiger partial charge on any atom is 0.217 e. The molecule has 0 aromatic carbocycles. The summed E-state index contributed by atoms with van der Waals surface area (Å²) in [6.45, 7) is -2.58. The summed E-state index contributed by atoms with van der Waals surface area (Å²) in [6, 6.07) is -1.78. The summed E-state index contributed by atoms with van der Waals surface area (Å²) in [5, 5.41) is 197. The van der Waals surface area contributed by atoms with Gasteiger partial charge in [0, 0.05) is 25.9 Å². The molecule has 33 heteroatoms. The van der Waals surface area contributed by atoms with Crippen molar-refractivity contribution >= 4 is 5.91 Å². The van der Waals surface area contributed by atoms with Gasteiger partial charge in [-0.3, -0.25) is 4.79 Å². The summed E-state index contributed by atoms with van der Waals surface area (Å²) >= 11 is 0. The Labute approximate surface area is 452 Å². The van der Waals surface area contributed by atoms with Gasteiger partial charge in [-0.15, -0.1) is 0 Å². The maximum absolute atomic E-state index is 12.8. The molecule has 11 unspecified atom stereocenters. The quantitative estimate of drug-likeness (QED) is 0.0378. The fourth-order valence-electron chi connectivity index (χ4n) is 10.3. The maximum atomic E-state index is 12.8. The van der Waals surface area contributed by atoms with Gasteiger partial charge >= 0.3 is 0 Å². The van der Waals surface area contributed by atoms with Crippen molar-refractivity contribution in [2.75, 3.05) is 52.8 Å². The van der Waals surface area contributed by atoms with E-state index in [1.165, 1.54) is 6.92 Å². The van der Waals surface area contributed by atoms with Gasteiger partial charge in [0.05, 0.1) is 51.8 Å². The largest absolute Gasteiger partial charge is 0.394 e. The second-order valence-electron chi connectivity index (χ2n) is 20.4. The van der Waals surface area contributed by atoms with E-state index in [-0.39, 0.29) is 13.0 Å². The Bertz CT molecular complexity index is 1800. The van der Waals surface area contributed by atoms with Crippen molar-refractivity contribution in [1.29, 1.82) is 0 Å². The second-order valence-corrected chi connectivity index (χ2v) is 20.4. The summed E-state index contributed by atoms with van der Waals surface area (Å²) in [5.41, 5.74) is 5.51. The molecular weight excluding hydrogens is 1080 g/mol. The highest BCUT2D eigenvalue weighted by Crippen LogP contribution is 2.38. The highest BCUT2D eigenvalue weighted by Gasteiger charge is 2.58. The number of amides is 1. The summed E-state index contributed by atoms with van der Waals surface area (Å²) in [7, 11) is 0. The minimum Gasteiger partial charge on any atom is -0.394 e. The predicted molar refractivity (Wildman–Crippen MR) is 251 cm³/mol. The van der Waals surface area contributed by atoms with Gasteiger partial charge in [-0.1, -0.05) is 6.92 Å². The first-order valence-corrected chi connectivity index (χ1v) is 26.2. The van der Waals surface area contributed by atoms with Crippen molar-refractivity contribution in [2.24, 2.45) is 11.7 Å². The van der Waals surface area contributed by atoms with Gasteiger partial charge in [-0.2, -0.15) is 0 Å². The minimum absolute atomic E-state index is 0.109. The first-order valence-electron chi connectivity index (χ1n) is 26.2. The fraction of sp³-hybridized carbons (Fsp3) is 0.978. The van der Waals surface area contributed by atoms with Crippen molar-refractivity contribution in [3.8, 4) is 0 Å². The van der Waals surface area contributed by atoms with Crippen LogP contribution in [-0.2, 0) is 61.6 Å².